The zero-order valence-electron chi connectivity index (χ0n) is 23.4. The fraction of sp³-hybridized carbons (Fsp3) is 1.00. The van der Waals surface area contributed by atoms with Crippen molar-refractivity contribution >= 4 is 10.8 Å². The number of hydrogen-bond donors (Lipinski definition) is 0. The Balaban J connectivity index is 3.88. The third-order valence-electron chi connectivity index (χ3n) is 6.51. The number of unbranched alkanes of at least 4 members (excludes halogenated alkanes) is 11. The Bertz CT molecular complexity index is 435. The predicted molar refractivity (Wildman–Crippen MR) is 147 cm³/mol. The summed E-state index contributed by atoms with van der Waals surface area (Å²) >= 11 is 0. The van der Waals surface area contributed by atoms with Crippen LogP contribution in [0.3, 0.4) is 0 Å². The molecule has 0 spiro atoms. The van der Waals surface area contributed by atoms with E-state index >= 15 is 0 Å². The lowest BCUT2D eigenvalue weighted by Gasteiger charge is -2.25. The van der Waals surface area contributed by atoms with Crippen LogP contribution in [0.25, 0.3) is 0 Å². The molecule has 0 saturated heterocycles. The Morgan fingerprint density at radius 2 is 1.21 bits per heavy atom. The highest BCUT2D eigenvalue weighted by Gasteiger charge is 2.20. The van der Waals surface area contributed by atoms with Crippen molar-refractivity contribution < 1.29 is 18.2 Å². The summed E-state index contributed by atoms with van der Waals surface area (Å²) in [4.78, 5) is 0. The summed E-state index contributed by atoms with van der Waals surface area (Å²) in [5.41, 5.74) is 0. The average molecular weight is 491 g/mol. The molecular formula is C28H60NO3S+. The number of ether oxygens (including phenoxy) is 2. The number of rotatable bonds is 25. The smallest absolute Gasteiger partial charge is 0.0836 e. The molecule has 0 aliphatic rings. The van der Waals surface area contributed by atoms with Gasteiger partial charge in [-0.15, -0.1) is 0 Å². The van der Waals surface area contributed by atoms with E-state index in [4.69, 9.17) is 9.47 Å². The van der Waals surface area contributed by atoms with E-state index in [9.17, 15) is 4.21 Å². The Morgan fingerprint density at radius 3 is 1.70 bits per heavy atom. The van der Waals surface area contributed by atoms with Gasteiger partial charge in [-0.3, -0.25) is 4.21 Å². The minimum atomic E-state index is -0.719. The van der Waals surface area contributed by atoms with Crippen LogP contribution in [-0.4, -0.2) is 73.8 Å². The lowest BCUT2D eigenvalue weighted by molar-refractivity contribution is -0.870. The third kappa shape index (κ3) is 22.3. The Labute approximate surface area is 210 Å². The van der Waals surface area contributed by atoms with E-state index in [0.29, 0.717) is 6.61 Å². The van der Waals surface area contributed by atoms with Crippen LogP contribution in [0.15, 0.2) is 0 Å². The SMILES string of the molecule is CCCCCCCCCCCCCCC(OCCCS(=O)CCC[N+](C)(C)C)C(CC)OC. The molecule has 0 fully saturated rings. The molecule has 0 bridgehead atoms. The molecule has 0 radical (unpaired) electrons. The fourth-order valence-electron chi connectivity index (χ4n) is 4.40. The van der Waals surface area contributed by atoms with Gasteiger partial charge < -0.3 is 14.0 Å². The van der Waals surface area contributed by atoms with Gasteiger partial charge in [0.15, 0.2) is 0 Å². The van der Waals surface area contributed by atoms with Crippen molar-refractivity contribution in [3.63, 3.8) is 0 Å². The van der Waals surface area contributed by atoms with E-state index in [0.717, 1.165) is 48.2 Å². The Kier molecular flexibility index (Phi) is 22.5. The molecule has 0 aliphatic heterocycles. The van der Waals surface area contributed by atoms with Crippen LogP contribution in [0, 0.1) is 0 Å². The maximum absolute atomic E-state index is 12.2. The van der Waals surface area contributed by atoms with Gasteiger partial charge in [-0.25, -0.2) is 0 Å². The van der Waals surface area contributed by atoms with Gasteiger partial charge in [0, 0.05) is 42.4 Å². The highest BCUT2D eigenvalue weighted by atomic mass is 32.2. The van der Waals surface area contributed by atoms with Crippen LogP contribution in [-0.2, 0) is 20.3 Å². The predicted octanol–water partition coefficient (Wildman–Crippen LogP) is 7.12. The fourth-order valence-corrected chi connectivity index (χ4v) is 5.50. The van der Waals surface area contributed by atoms with Crippen LogP contribution in [0.5, 0.6) is 0 Å². The first-order valence-electron chi connectivity index (χ1n) is 14.1. The van der Waals surface area contributed by atoms with Gasteiger partial charge in [0.1, 0.15) is 0 Å². The van der Waals surface area contributed by atoms with Gasteiger partial charge >= 0.3 is 0 Å². The van der Waals surface area contributed by atoms with Crippen molar-refractivity contribution in [3.8, 4) is 0 Å². The molecule has 4 nitrogen and oxygen atoms in total. The Morgan fingerprint density at radius 1 is 0.697 bits per heavy atom. The zero-order chi connectivity index (χ0) is 24.8. The monoisotopic (exact) mass is 490 g/mol. The van der Waals surface area contributed by atoms with Gasteiger partial charge in [-0.1, -0.05) is 90.9 Å². The maximum atomic E-state index is 12.2. The van der Waals surface area contributed by atoms with Crippen LogP contribution >= 0.6 is 0 Å². The molecular weight excluding hydrogens is 430 g/mol. The molecule has 5 heteroatoms. The van der Waals surface area contributed by atoms with Gasteiger partial charge in [0.25, 0.3) is 0 Å². The number of nitrogens with zero attached hydrogens (tertiary/aromatic N) is 1. The van der Waals surface area contributed by atoms with Crippen molar-refractivity contribution in [2.75, 3.05) is 52.9 Å². The molecule has 33 heavy (non-hydrogen) atoms. The molecule has 0 amide bonds. The summed E-state index contributed by atoms with van der Waals surface area (Å²) in [5, 5.41) is 0. The van der Waals surface area contributed by atoms with Gasteiger partial charge in [0.2, 0.25) is 0 Å². The minimum Gasteiger partial charge on any atom is -0.379 e. The second-order valence-corrected chi connectivity index (χ2v) is 12.5. The molecule has 0 aromatic rings. The second-order valence-electron chi connectivity index (χ2n) is 10.8. The van der Waals surface area contributed by atoms with Crippen molar-refractivity contribution in [1.82, 2.24) is 0 Å². The van der Waals surface area contributed by atoms with E-state index in [1.54, 1.807) is 7.11 Å². The maximum Gasteiger partial charge on any atom is 0.0836 e. The summed E-state index contributed by atoms with van der Waals surface area (Å²) in [7, 11) is 7.65. The van der Waals surface area contributed by atoms with Crippen LogP contribution in [0.1, 0.15) is 117 Å². The van der Waals surface area contributed by atoms with E-state index in [1.165, 1.54) is 77.0 Å². The highest BCUT2D eigenvalue weighted by Crippen LogP contribution is 2.18. The molecule has 0 aliphatic carbocycles. The summed E-state index contributed by atoms with van der Waals surface area (Å²) in [6.07, 6.45) is 20.8. The van der Waals surface area contributed by atoms with Crippen molar-refractivity contribution in [2.45, 2.75) is 129 Å². The number of hydrogen-bond acceptors (Lipinski definition) is 3. The third-order valence-corrected chi connectivity index (χ3v) is 8.00. The molecule has 0 N–H and O–H groups in total. The summed E-state index contributed by atoms with van der Waals surface area (Å²) in [6, 6.07) is 0. The normalized spacial score (nSPS) is 15.0. The molecule has 0 aromatic heterocycles. The molecule has 3 unspecified atom stereocenters. The van der Waals surface area contributed by atoms with E-state index in [2.05, 4.69) is 35.0 Å². The highest BCUT2D eigenvalue weighted by molar-refractivity contribution is 7.84. The van der Waals surface area contributed by atoms with Gasteiger partial charge in [-0.2, -0.15) is 0 Å². The lowest BCUT2D eigenvalue weighted by Crippen LogP contribution is -2.36. The van der Waals surface area contributed by atoms with Crippen molar-refractivity contribution in [3.05, 3.63) is 0 Å². The number of quaternary nitrogens is 1. The first-order chi connectivity index (χ1) is 15.8. The first kappa shape index (κ1) is 33.0. The molecule has 0 heterocycles. The molecule has 200 valence electrons. The molecule has 3 atom stereocenters. The molecule has 0 rings (SSSR count). The first-order valence-corrected chi connectivity index (χ1v) is 15.6. The van der Waals surface area contributed by atoms with Crippen molar-refractivity contribution in [1.29, 1.82) is 0 Å². The lowest BCUT2D eigenvalue weighted by atomic mass is 10.0. The summed E-state index contributed by atoms with van der Waals surface area (Å²) in [6.45, 7) is 6.24. The van der Waals surface area contributed by atoms with Crippen LogP contribution in [0.4, 0.5) is 0 Å². The Hall–Kier alpha value is 0.0300. The second kappa shape index (κ2) is 22.5. The van der Waals surface area contributed by atoms with Gasteiger partial charge in [0.05, 0.1) is 39.9 Å². The summed E-state index contributed by atoms with van der Waals surface area (Å²) < 4.78 is 25.1. The van der Waals surface area contributed by atoms with Crippen molar-refractivity contribution in [2.24, 2.45) is 0 Å². The topological polar surface area (TPSA) is 35.5 Å². The molecule has 0 saturated carbocycles. The van der Waals surface area contributed by atoms with Crippen LogP contribution < -0.4 is 0 Å². The quantitative estimate of drug-likeness (QED) is 0.101. The minimum absolute atomic E-state index is 0.174. The zero-order valence-corrected chi connectivity index (χ0v) is 24.2. The standard InChI is InChI=1S/C28H60NO3S/c1-7-9-10-11-12-13-14-15-16-17-18-19-22-28(27(8-2)31-6)32-24-21-26-33(30)25-20-23-29(3,4)5/h27-28H,7-26H2,1-6H3/q+1. The average Bonchev–Trinajstić information content (AvgIpc) is 2.76. The van der Waals surface area contributed by atoms with E-state index < -0.39 is 10.8 Å². The van der Waals surface area contributed by atoms with E-state index in [1.807, 2.05) is 0 Å². The van der Waals surface area contributed by atoms with Crippen LogP contribution in [0.2, 0.25) is 0 Å². The largest absolute Gasteiger partial charge is 0.379 e. The molecule has 0 aromatic carbocycles. The number of methoxy groups -OCH3 is 1. The summed E-state index contributed by atoms with van der Waals surface area (Å²) in [5.74, 6) is 1.57. The van der Waals surface area contributed by atoms with Gasteiger partial charge in [-0.05, 0) is 19.3 Å². The van der Waals surface area contributed by atoms with E-state index in [-0.39, 0.29) is 12.2 Å².